The van der Waals surface area contributed by atoms with Gasteiger partial charge in [0.15, 0.2) is 0 Å². The summed E-state index contributed by atoms with van der Waals surface area (Å²) in [5.41, 5.74) is 2.08. The largest absolute Gasteiger partial charge is 0.353 e. The number of fused-ring (bicyclic) bond motifs is 1. The molecule has 23 heavy (non-hydrogen) atoms. The van der Waals surface area contributed by atoms with E-state index in [-0.39, 0.29) is 24.2 Å². The van der Waals surface area contributed by atoms with Gasteiger partial charge in [0.25, 0.3) is 0 Å². The summed E-state index contributed by atoms with van der Waals surface area (Å²) in [6.45, 7) is 2.01. The van der Waals surface area contributed by atoms with Gasteiger partial charge in [0, 0.05) is 10.7 Å². The van der Waals surface area contributed by atoms with Gasteiger partial charge in [0.2, 0.25) is 5.91 Å². The van der Waals surface area contributed by atoms with Gasteiger partial charge in [-0.15, -0.1) is 11.3 Å². The number of carbonyl (C=O) groups is 1. The normalized spacial score (nSPS) is 12.3. The molecule has 4 heteroatoms. The number of halogens is 1. The number of carbonyl (C=O) groups excluding carboxylic acids is 1. The van der Waals surface area contributed by atoms with Gasteiger partial charge in [-0.05, 0) is 53.4 Å². The number of nitrogens with one attached hydrogen (secondary N) is 1. The van der Waals surface area contributed by atoms with Gasteiger partial charge in [-0.1, -0.05) is 30.3 Å². The lowest BCUT2D eigenvalue weighted by atomic mass is 10.1. The van der Waals surface area contributed by atoms with Crippen molar-refractivity contribution < 1.29 is 9.18 Å². The first-order valence-electron chi connectivity index (χ1n) is 7.61. The summed E-state index contributed by atoms with van der Waals surface area (Å²) in [4.78, 5) is 12.1. The molecule has 0 aliphatic rings. The fourth-order valence-corrected chi connectivity index (χ4v) is 3.66. The molecule has 1 heterocycles. The summed E-state index contributed by atoms with van der Waals surface area (Å²) < 4.78 is 14.1. The van der Waals surface area contributed by atoms with Crippen LogP contribution in [0, 0.1) is 5.82 Å². The molecule has 1 amide bonds. The second kappa shape index (κ2) is 6.92. The maximum atomic E-state index is 12.9. The summed E-state index contributed by atoms with van der Waals surface area (Å²) in [6, 6.07) is 14.4. The molecule has 0 spiro atoms. The summed E-state index contributed by atoms with van der Waals surface area (Å²) in [5, 5.41) is 6.44. The average Bonchev–Trinajstić information content (AvgIpc) is 2.93. The summed E-state index contributed by atoms with van der Waals surface area (Å²) in [7, 11) is 0. The van der Waals surface area contributed by atoms with E-state index >= 15 is 0 Å². The van der Waals surface area contributed by atoms with Crippen molar-refractivity contribution in [2.45, 2.75) is 25.8 Å². The number of thiophene rings is 1. The number of benzene rings is 2. The fraction of sp³-hybridized carbons (Fsp3) is 0.211. The van der Waals surface area contributed by atoms with E-state index in [9.17, 15) is 9.18 Å². The maximum absolute atomic E-state index is 12.9. The quantitative estimate of drug-likeness (QED) is 0.742. The van der Waals surface area contributed by atoms with Crippen molar-refractivity contribution >= 4 is 27.3 Å². The Labute approximate surface area is 139 Å². The number of hydrogen-bond donors (Lipinski definition) is 1. The Morgan fingerprint density at radius 1 is 1.17 bits per heavy atom. The molecule has 0 radical (unpaired) electrons. The van der Waals surface area contributed by atoms with E-state index in [0.717, 1.165) is 12.0 Å². The molecule has 1 atom stereocenters. The third kappa shape index (κ3) is 3.96. The first-order valence-corrected chi connectivity index (χ1v) is 8.48. The zero-order chi connectivity index (χ0) is 16.2. The Bertz CT molecular complexity index is 810. The van der Waals surface area contributed by atoms with Crippen LogP contribution in [0.3, 0.4) is 0 Å². The van der Waals surface area contributed by atoms with Crippen LogP contribution in [0.5, 0.6) is 0 Å². The highest BCUT2D eigenvalue weighted by atomic mass is 32.1. The number of hydrogen-bond acceptors (Lipinski definition) is 2. The van der Waals surface area contributed by atoms with Gasteiger partial charge in [0.05, 0.1) is 6.42 Å². The van der Waals surface area contributed by atoms with Crippen LogP contribution < -0.4 is 5.32 Å². The number of rotatable bonds is 5. The SMILES string of the molecule is C[C@H](Cc1csc2ccccc12)NC(=O)Cc1ccc(F)cc1. The maximum Gasteiger partial charge on any atom is 0.224 e. The predicted octanol–water partition coefficient (Wildman–Crippen LogP) is 4.33. The molecule has 1 aromatic heterocycles. The molecule has 0 aliphatic carbocycles. The molecule has 0 saturated carbocycles. The third-order valence-corrected chi connectivity index (χ3v) is 4.78. The minimum Gasteiger partial charge on any atom is -0.353 e. The molecule has 0 saturated heterocycles. The van der Waals surface area contributed by atoms with Gasteiger partial charge in [0.1, 0.15) is 5.82 Å². The molecule has 3 aromatic rings. The average molecular weight is 327 g/mol. The second-order valence-electron chi connectivity index (χ2n) is 5.73. The first kappa shape index (κ1) is 15.7. The first-order chi connectivity index (χ1) is 11.1. The number of amides is 1. The van der Waals surface area contributed by atoms with Crippen LogP contribution in [0.4, 0.5) is 4.39 Å². The van der Waals surface area contributed by atoms with Crippen molar-refractivity contribution in [2.24, 2.45) is 0 Å². The smallest absolute Gasteiger partial charge is 0.224 e. The lowest BCUT2D eigenvalue weighted by Crippen LogP contribution is -2.35. The van der Waals surface area contributed by atoms with E-state index in [0.29, 0.717) is 0 Å². The van der Waals surface area contributed by atoms with Crippen molar-refractivity contribution in [3.05, 3.63) is 70.9 Å². The molecule has 0 bridgehead atoms. The molecule has 1 N–H and O–H groups in total. The van der Waals surface area contributed by atoms with Crippen LogP contribution in [0.15, 0.2) is 53.9 Å². The monoisotopic (exact) mass is 327 g/mol. The summed E-state index contributed by atoms with van der Waals surface area (Å²) in [6.07, 6.45) is 1.08. The molecule has 2 nitrogen and oxygen atoms in total. The van der Waals surface area contributed by atoms with E-state index < -0.39 is 0 Å². The van der Waals surface area contributed by atoms with Crippen LogP contribution in [0.25, 0.3) is 10.1 Å². The zero-order valence-corrected chi connectivity index (χ0v) is 13.7. The Hall–Kier alpha value is -2.20. The highest BCUT2D eigenvalue weighted by Gasteiger charge is 2.11. The Balaban J connectivity index is 1.59. The molecule has 0 unspecified atom stereocenters. The van der Waals surface area contributed by atoms with Gasteiger partial charge >= 0.3 is 0 Å². The molecule has 3 rings (SSSR count). The minimum absolute atomic E-state index is 0.0383. The van der Waals surface area contributed by atoms with Crippen LogP contribution in [-0.2, 0) is 17.6 Å². The second-order valence-corrected chi connectivity index (χ2v) is 6.64. The lowest BCUT2D eigenvalue weighted by molar-refractivity contribution is -0.121. The van der Waals surface area contributed by atoms with Crippen LogP contribution in [-0.4, -0.2) is 11.9 Å². The van der Waals surface area contributed by atoms with Crippen LogP contribution in [0.2, 0.25) is 0 Å². The standard InChI is InChI=1S/C19H18FNOS/c1-13(10-15-12-23-18-5-3-2-4-17(15)18)21-19(22)11-14-6-8-16(20)9-7-14/h2-9,12-13H,10-11H2,1H3,(H,21,22)/t13-/m1/s1. The topological polar surface area (TPSA) is 29.1 Å². The molecule has 2 aromatic carbocycles. The fourth-order valence-electron chi connectivity index (χ4n) is 2.69. The summed E-state index contributed by atoms with van der Waals surface area (Å²) in [5.74, 6) is -0.324. The van der Waals surface area contributed by atoms with Crippen molar-refractivity contribution in [1.82, 2.24) is 5.32 Å². The van der Waals surface area contributed by atoms with E-state index in [4.69, 9.17) is 0 Å². The third-order valence-electron chi connectivity index (χ3n) is 3.77. The van der Waals surface area contributed by atoms with Crippen molar-refractivity contribution in [2.75, 3.05) is 0 Å². The molecule has 118 valence electrons. The van der Waals surface area contributed by atoms with E-state index in [2.05, 4.69) is 22.8 Å². The minimum atomic E-state index is -0.285. The highest BCUT2D eigenvalue weighted by molar-refractivity contribution is 7.17. The van der Waals surface area contributed by atoms with Gasteiger partial charge < -0.3 is 5.32 Å². The van der Waals surface area contributed by atoms with Crippen LogP contribution >= 0.6 is 11.3 Å². The van der Waals surface area contributed by atoms with Crippen molar-refractivity contribution in [3.63, 3.8) is 0 Å². The lowest BCUT2D eigenvalue weighted by Gasteiger charge is -2.13. The van der Waals surface area contributed by atoms with E-state index in [1.54, 1.807) is 23.5 Å². The Kier molecular flexibility index (Phi) is 4.72. The van der Waals surface area contributed by atoms with Gasteiger partial charge in [-0.25, -0.2) is 4.39 Å². The predicted molar refractivity (Wildman–Crippen MR) is 93.2 cm³/mol. The Morgan fingerprint density at radius 3 is 2.70 bits per heavy atom. The molecule has 0 fully saturated rings. The molecule has 0 aliphatic heterocycles. The van der Waals surface area contributed by atoms with Gasteiger partial charge in [-0.3, -0.25) is 4.79 Å². The van der Waals surface area contributed by atoms with Crippen molar-refractivity contribution in [1.29, 1.82) is 0 Å². The van der Waals surface area contributed by atoms with Gasteiger partial charge in [-0.2, -0.15) is 0 Å². The van der Waals surface area contributed by atoms with E-state index in [1.807, 2.05) is 19.1 Å². The Morgan fingerprint density at radius 2 is 1.91 bits per heavy atom. The molecular weight excluding hydrogens is 309 g/mol. The van der Waals surface area contributed by atoms with Crippen molar-refractivity contribution in [3.8, 4) is 0 Å². The summed E-state index contributed by atoms with van der Waals surface area (Å²) >= 11 is 1.73. The van der Waals surface area contributed by atoms with E-state index in [1.165, 1.54) is 27.8 Å². The highest BCUT2D eigenvalue weighted by Crippen LogP contribution is 2.26. The van der Waals surface area contributed by atoms with Crippen LogP contribution in [0.1, 0.15) is 18.1 Å². The molecular formula is C19H18FNOS. The zero-order valence-electron chi connectivity index (χ0n) is 12.9.